The first-order valence-electron chi connectivity index (χ1n) is 9.23. The molecule has 1 fully saturated rings. The number of hydrogen-bond donors (Lipinski definition) is 0. The minimum atomic E-state index is -3.62. The van der Waals surface area contributed by atoms with Gasteiger partial charge in [0.2, 0.25) is 10.0 Å². The van der Waals surface area contributed by atoms with Gasteiger partial charge in [0, 0.05) is 37.8 Å². The fraction of sp³-hybridized carbons (Fsp3) is 0.350. The number of Topliss-reactive ketones (excluding diaryl/α,β-unsaturated/α-hetero) is 1. The molecule has 154 valence electrons. The Morgan fingerprint density at radius 2 is 1.66 bits per heavy atom. The summed E-state index contributed by atoms with van der Waals surface area (Å²) >= 11 is 0. The molecule has 0 spiro atoms. The van der Waals surface area contributed by atoms with Crippen LogP contribution in [0.1, 0.15) is 28.4 Å². The maximum Gasteiger partial charge on any atom is 0.293 e. The van der Waals surface area contributed by atoms with E-state index >= 15 is 0 Å². The fourth-order valence-electron chi connectivity index (χ4n) is 3.35. The van der Waals surface area contributed by atoms with E-state index in [1.807, 2.05) is 13.8 Å². The highest BCUT2D eigenvalue weighted by atomic mass is 32.2. The van der Waals surface area contributed by atoms with E-state index in [-0.39, 0.29) is 35.0 Å². The molecule has 9 heteroatoms. The number of carbonyl (C=O) groups is 1. The lowest BCUT2D eigenvalue weighted by Crippen LogP contribution is -2.48. The second-order valence-electron chi connectivity index (χ2n) is 7.15. The molecule has 0 radical (unpaired) electrons. The first-order chi connectivity index (χ1) is 13.6. The summed E-state index contributed by atoms with van der Waals surface area (Å²) in [5, 5.41) is 11.5. The van der Waals surface area contributed by atoms with Gasteiger partial charge in [0.25, 0.3) is 5.69 Å². The van der Waals surface area contributed by atoms with E-state index in [1.54, 1.807) is 35.2 Å². The van der Waals surface area contributed by atoms with Crippen LogP contribution in [-0.4, -0.2) is 49.6 Å². The first kappa shape index (κ1) is 20.9. The van der Waals surface area contributed by atoms with E-state index in [1.165, 1.54) is 17.3 Å². The van der Waals surface area contributed by atoms with Gasteiger partial charge in [-0.1, -0.05) is 6.07 Å². The summed E-state index contributed by atoms with van der Waals surface area (Å²) in [7, 11) is -3.62. The molecule has 1 heterocycles. The van der Waals surface area contributed by atoms with Gasteiger partial charge in [-0.15, -0.1) is 0 Å². The molecule has 1 aliphatic rings. The highest BCUT2D eigenvalue weighted by molar-refractivity contribution is 7.89. The maximum atomic E-state index is 13.0. The molecule has 0 aliphatic carbocycles. The molecule has 3 rings (SSSR count). The summed E-state index contributed by atoms with van der Waals surface area (Å²) in [4.78, 5) is 24.5. The zero-order chi connectivity index (χ0) is 21.3. The van der Waals surface area contributed by atoms with Crippen LogP contribution in [-0.2, 0) is 10.0 Å². The smallest absolute Gasteiger partial charge is 0.293 e. The molecule has 0 N–H and O–H groups in total. The standard InChI is InChI=1S/C20H23N3O5S/c1-14-4-6-18(12-15(14)2)29(27,28)22-10-8-21(9-11-22)19-7-5-17(16(3)24)13-20(19)23(25)26/h4-7,12-13H,8-11H2,1-3H3. The van der Waals surface area contributed by atoms with Gasteiger partial charge in [0.15, 0.2) is 5.78 Å². The predicted octanol–water partition coefficient (Wildman–Crippen LogP) is 2.93. The van der Waals surface area contributed by atoms with Gasteiger partial charge in [0.1, 0.15) is 5.69 Å². The minimum absolute atomic E-state index is 0.150. The second-order valence-corrected chi connectivity index (χ2v) is 9.09. The van der Waals surface area contributed by atoms with Crippen molar-refractivity contribution < 1.29 is 18.1 Å². The monoisotopic (exact) mass is 417 g/mol. The quantitative estimate of drug-likeness (QED) is 0.421. The van der Waals surface area contributed by atoms with Crippen molar-refractivity contribution >= 4 is 27.2 Å². The third kappa shape index (κ3) is 4.15. The number of sulfonamides is 1. The summed E-state index contributed by atoms with van der Waals surface area (Å²) in [5.74, 6) is -0.246. The maximum absolute atomic E-state index is 13.0. The lowest BCUT2D eigenvalue weighted by Gasteiger charge is -2.35. The first-order valence-corrected chi connectivity index (χ1v) is 10.7. The Kier molecular flexibility index (Phi) is 5.72. The van der Waals surface area contributed by atoms with Crippen molar-refractivity contribution in [1.29, 1.82) is 0 Å². The van der Waals surface area contributed by atoms with Crippen molar-refractivity contribution in [2.75, 3.05) is 31.1 Å². The Balaban J connectivity index is 1.81. The number of hydrogen-bond acceptors (Lipinski definition) is 6. The topological polar surface area (TPSA) is 101 Å². The van der Waals surface area contributed by atoms with Crippen molar-refractivity contribution in [1.82, 2.24) is 4.31 Å². The summed E-state index contributed by atoms with van der Waals surface area (Å²) in [5.41, 5.74) is 2.45. The Labute approximate surface area is 169 Å². The third-order valence-corrected chi connectivity index (χ3v) is 7.17. The number of benzene rings is 2. The summed E-state index contributed by atoms with van der Waals surface area (Å²) in [6, 6.07) is 9.46. The van der Waals surface area contributed by atoms with Crippen LogP contribution in [0, 0.1) is 24.0 Å². The van der Waals surface area contributed by atoms with Gasteiger partial charge in [0.05, 0.1) is 9.82 Å². The van der Waals surface area contributed by atoms with Gasteiger partial charge in [-0.2, -0.15) is 4.31 Å². The number of ketones is 1. The molecule has 1 saturated heterocycles. The zero-order valence-corrected chi connectivity index (χ0v) is 17.4. The number of rotatable bonds is 5. The SMILES string of the molecule is CC(=O)c1ccc(N2CCN(S(=O)(=O)c3ccc(C)c(C)c3)CC2)c([N+](=O)[O-])c1. The van der Waals surface area contributed by atoms with E-state index in [0.717, 1.165) is 11.1 Å². The van der Waals surface area contributed by atoms with Crippen molar-refractivity contribution in [2.24, 2.45) is 0 Å². The largest absolute Gasteiger partial charge is 0.363 e. The number of carbonyl (C=O) groups excluding carboxylic acids is 1. The molecular formula is C20H23N3O5S. The predicted molar refractivity (Wildman–Crippen MR) is 110 cm³/mol. The van der Waals surface area contributed by atoms with Crippen LogP contribution in [0.25, 0.3) is 0 Å². The van der Waals surface area contributed by atoms with E-state index in [0.29, 0.717) is 18.8 Å². The number of piperazine rings is 1. The molecule has 2 aromatic rings. The number of anilines is 1. The molecule has 8 nitrogen and oxygen atoms in total. The Morgan fingerprint density at radius 3 is 2.21 bits per heavy atom. The van der Waals surface area contributed by atoms with Gasteiger partial charge in [-0.25, -0.2) is 8.42 Å². The Bertz CT molecular complexity index is 1070. The second kappa shape index (κ2) is 7.92. The molecule has 0 aromatic heterocycles. The van der Waals surface area contributed by atoms with E-state index in [4.69, 9.17) is 0 Å². The van der Waals surface area contributed by atoms with Crippen molar-refractivity contribution in [3.63, 3.8) is 0 Å². The molecule has 0 atom stereocenters. The number of aryl methyl sites for hydroxylation is 2. The average Bonchev–Trinajstić information content (AvgIpc) is 2.69. The fourth-order valence-corrected chi connectivity index (χ4v) is 4.86. The molecule has 0 saturated carbocycles. The zero-order valence-electron chi connectivity index (χ0n) is 16.6. The molecule has 2 aromatic carbocycles. The lowest BCUT2D eigenvalue weighted by molar-refractivity contribution is -0.384. The minimum Gasteiger partial charge on any atom is -0.363 e. The molecule has 29 heavy (non-hydrogen) atoms. The molecule has 1 aliphatic heterocycles. The molecule has 0 unspecified atom stereocenters. The Hall–Kier alpha value is -2.78. The van der Waals surface area contributed by atoms with Crippen LogP contribution in [0.15, 0.2) is 41.3 Å². The summed E-state index contributed by atoms with van der Waals surface area (Å²) in [6.07, 6.45) is 0. The highest BCUT2D eigenvalue weighted by Crippen LogP contribution is 2.31. The third-order valence-electron chi connectivity index (χ3n) is 5.27. The van der Waals surface area contributed by atoms with Crippen LogP contribution in [0.4, 0.5) is 11.4 Å². The molecular weight excluding hydrogens is 394 g/mol. The van der Waals surface area contributed by atoms with Crippen LogP contribution in [0.5, 0.6) is 0 Å². The number of nitro benzene ring substituents is 1. The van der Waals surface area contributed by atoms with Crippen LogP contribution in [0.2, 0.25) is 0 Å². The van der Waals surface area contributed by atoms with Gasteiger partial charge in [-0.05, 0) is 56.2 Å². The van der Waals surface area contributed by atoms with Gasteiger partial charge < -0.3 is 4.90 Å². The van der Waals surface area contributed by atoms with Crippen LogP contribution in [0.3, 0.4) is 0 Å². The van der Waals surface area contributed by atoms with Crippen molar-refractivity contribution in [2.45, 2.75) is 25.7 Å². The normalized spacial score (nSPS) is 15.3. The van der Waals surface area contributed by atoms with Crippen molar-refractivity contribution in [3.05, 3.63) is 63.2 Å². The van der Waals surface area contributed by atoms with Gasteiger partial charge in [-0.3, -0.25) is 14.9 Å². The molecule has 0 bridgehead atoms. The lowest BCUT2D eigenvalue weighted by atomic mass is 10.1. The van der Waals surface area contributed by atoms with Gasteiger partial charge >= 0.3 is 0 Å². The van der Waals surface area contributed by atoms with E-state index in [9.17, 15) is 23.3 Å². The summed E-state index contributed by atoms with van der Waals surface area (Å²) in [6.45, 7) is 6.25. The number of nitro groups is 1. The van der Waals surface area contributed by atoms with Crippen LogP contribution >= 0.6 is 0 Å². The van der Waals surface area contributed by atoms with Crippen LogP contribution < -0.4 is 4.90 Å². The van der Waals surface area contributed by atoms with E-state index < -0.39 is 14.9 Å². The molecule has 0 amide bonds. The Morgan fingerprint density at radius 1 is 1.00 bits per heavy atom. The van der Waals surface area contributed by atoms with Crippen molar-refractivity contribution in [3.8, 4) is 0 Å². The van der Waals surface area contributed by atoms with E-state index in [2.05, 4.69) is 0 Å². The highest BCUT2D eigenvalue weighted by Gasteiger charge is 2.31. The number of nitrogens with zero attached hydrogens (tertiary/aromatic N) is 3. The summed E-state index contributed by atoms with van der Waals surface area (Å²) < 4.78 is 27.3. The average molecular weight is 417 g/mol.